The van der Waals surface area contributed by atoms with E-state index in [1.807, 2.05) is 25.1 Å². The largest absolute Gasteiger partial charge is 0.460 e. The third-order valence-corrected chi connectivity index (χ3v) is 7.41. The minimum absolute atomic E-state index is 0.0170. The summed E-state index contributed by atoms with van der Waals surface area (Å²) in [5.74, 6) is 0.609. The quantitative estimate of drug-likeness (QED) is 0.545. The molecule has 2 aromatic heterocycles. The van der Waals surface area contributed by atoms with Crippen LogP contribution in [0.5, 0.6) is 0 Å². The third-order valence-electron chi connectivity index (χ3n) is 7.13. The predicted octanol–water partition coefficient (Wildman–Crippen LogP) is 3.83. The molecule has 1 aromatic carbocycles. The van der Waals surface area contributed by atoms with Gasteiger partial charge in [0.1, 0.15) is 17.2 Å². The molecular formula is C24H25ClN6O3. The first-order valence-electron chi connectivity index (χ1n) is 11.6. The summed E-state index contributed by atoms with van der Waals surface area (Å²) in [5.41, 5.74) is 1.55. The molecule has 0 spiro atoms. The molecule has 2 fully saturated rings. The molecule has 3 aromatic rings. The zero-order valence-corrected chi connectivity index (χ0v) is 19.7. The lowest BCUT2D eigenvalue weighted by Gasteiger charge is -2.22. The highest BCUT2D eigenvalue weighted by molar-refractivity contribution is 6.33. The fourth-order valence-corrected chi connectivity index (χ4v) is 5.61. The van der Waals surface area contributed by atoms with Crippen LogP contribution in [0.1, 0.15) is 43.0 Å². The maximum atomic E-state index is 12.9. The van der Waals surface area contributed by atoms with Gasteiger partial charge in [-0.3, -0.25) is 4.79 Å². The van der Waals surface area contributed by atoms with Crippen molar-refractivity contribution in [2.75, 3.05) is 22.1 Å². The van der Waals surface area contributed by atoms with E-state index in [1.54, 1.807) is 13.2 Å². The van der Waals surface area contributed by atoms with E-state index in [1.165, 1.54) is 30.3 Å². The number of aromatic nitrogens is 3. The number of pyridine rings is 1. The average Bonchev–Trinajstić information content (AvgIpc) is 3.39. The van der Waals surface area contributed by atoms with Gasteiger partial charge >= 0.3 is 5.97 Å². The highest BCUT2D eigenvalue weighted by Crippen LogP contribution is 2.40. The molecule has 9 nitrogen and oxygen atoms in total. The Balaban J connectivity index is 1.42. The van der Waals surface area contributed by atoms with E-state index in [2.05, 4.69) is 20.5 Å². The zero-order valence-electron chi connectivity index (χ0n) is 19.0. The molecule has 1 atom stereocenters. The Morgan fingerprint density at radius 2 is 1.91 bits per heavy atom. The molecule has 3 aliphatic heterocycles. The van der Waals surface area contributed by atoms with Crippen LogP contribution < -0.4 is 21.1 Å². The number of rotatable bonds is 3. The van der Waals surface area contributed by atoms with Crippen LogP contribution in [0, 0.1) is 0 Å². The van der Waals surface area contributed by atoms with E-state index in [0.717, 1.165) is 11.1 Å². The molecule has 5 heterocycles. The van der Waals surface area contributed by atoms with Crippen molar-refractivity contribution >= 4 is 51.6 Å². The number of anilines is 4. The average molecular weight is 481 g/mol. The molecule has 0 radical (unpaired) electrons. The summed E-state index contributed by atoms with van der Waals surface area (Å²) in [5, 5.41) is 7.75. The van der Waals surface area contributed by atoms with Gasteiger partial charge in [-0.05, 0) is 50.8 Å². The first-order valence-corrected chi connectivity index (χ1v) is 12.0. The van der Waals surface area contributed by atoms with Crippen LogP contribution in [0.25, 0.3) is 10.9 Å². The number of ether oxygens (including phenoxy) is 1. The Morgan fingerprint density at radius 1 is 1.18 bits per heavy atom. The second kappa shape index (κ2) is 7.87. The van der Waals surface area contributed by atoms with Crippen LogP contribution >= 0.6 is 11.6 Å². The summed E-state index contributed by atoms with van der Waals surface area (Å²) in [6.45, 7) is 2.09. The van der Waals surface area contributed by atoms with E-state index >= 15 is 0 Å². The van der Waals surface area contributed by atoms with Crippen molar-refractivity contribution in [3.63, 3.8) is 0 Å². The highest BCUT2D eigenvalue weighted by Gasteiger charge is 2.40. The molecule has 0 amide bonds. The van der Waals surface area contributed by atoms with Gasteiger partial charge in [0.25, 0.3) is 5.56 Å². The number of nitrogens with one attached hydrogen (secondary N) is 2. The number of cyclic esters (lactones) is 1. The molecule has 0 aliphatic carbocycles. The number of hydrogen-bond donors (Lipinski definition) is 2. The van der Waals surface area contributed by atoms with E-state index in [0.29, 0.717) is 40.1 Å². The Morgan fingerprint density at radius 3 is 2.65 bits per heavy atom. The molecule has 176 valence electrons. The molecule has 2 bridgehead atoms. The van der Waals surface area contributed by atoms with Crippen molar-refractivity contribution in [1.29, 1.82) is 0 Å². The molecule has 3 aliphatic rings. The summed E-state index contributed by atoms with van der Waals surface area (Å²) >= 11 is 6.46. The van der Waals surface area contributed by atoms with Crippen molar-refractivity contribution in [3.8, 4) is 0 Å². The minimum Gasteiger partial charge on any atom is -0.460 e. The number of carbonyl (C=O) groups is 1. The van der Waals surface area contributed by atoms with E-state index in [9.17, 15) is 9.59 Å². The topological polar surface area (TPSA) is 101 Å². The third kappa shape index (κ3) is 3.29. The zero-order chi connectivity index (χ0) is 23.6. The smallest absolute Gasteiger partial charge is 0.346 e. The second-order valence-electron chi connectivity index (χ2n) is 9.35. The number of halogens is 1. The summed E-state index contributed by atoms with van der Waals surface area (Å²) in [6, 6.07) is 6.48. The highest BCUT2D eigenvalue weighted by atomic mass is 35.5. The van der Waals surface area contributed by atoms with Crippen molar-refractivity contribution in [2.24, 2.45) is 7.05 Å². The Labute approximate surface area is 201 Å². The van der Waals surface area contributed by atoms with Gasteiger partial charge < -0.3 is 24.8 Å². The lowest BCUT2D eigenvalue weighted by atomic mass is 10.0. The van der Waals surface area contributed by atoms with E-state index < -0.39 is 11.5 Å². The van der Waals surface area contributed by atoms with Gasteiger partial charge in [0.2, 0.25) is 5.95 Å². The Bertz CT molecular complexity index is 1370. The van der Waals surface area contributed by atoms with Gasteiger partial charge in [0.15, 0.2) is 5.82 Å². The van der Waals surface area contributed by atoms with Crippen LogP contribution in [0.2, 0.25) is 5.02 Å². The lowest BCUT2D eigenvalue weighted by Crippen LogP contribution is -2.30. The first-order chi connectivity index (χ1) is 16.4. The number of benzene rings is 1. The normalized spacial score (nSPS) is 23.4. The van der Waals surface area contributed by atoms with Crippen LogP contribution in [0.4, 0.5) is 23.1 Å². The second-order valence-corrected chi connectivity index (χ2v) is 9.76. The number of carbonyl (C=O) groups excluding carboxylic acids is 1. The maximum Gasteiger partial charge on any atom is 0.346 e. The van der Waals surface area contributed by atoms with Gasteiger partial charge in [-0.2, -0.15) is 4.98 Å². The molecular weight excluding hydrogens is 456 g/mol. The first kappa shape index (κ1) is 21.2. The van der Waals surface area contributed by atoms with E-state index in [-0.39, 0.29) is 18.2 Å². The number of nitrogens with zero attached hydrogens (tertiary/aromatic N) is 4. The molecule has 0 unspecified atom stereocenters. The van der Waals surface area contributed by atoms with Crippen LogP contribution in [-0.4, -0.2) is 45.2 Å². The van der Waals surface area contributed by atoms with Crippen LogP contribution in [-0.2, 0) is 11.8 Å². The maximum absolute atomic E-state index is 12.9. The van der Waals surface area contributed by atoms with Crippen molar-refractivity contribution in [3.05, 3.63) is 45.3 Å². The van der Waals surface area contributed by atoms with Gasteiger partial charge in [0.05, 0.1) is 23.4 Å². The van der Waals surface area contributed by atoms with Crippen LogP contribution in [0.15, 0.2) is 29.2 Å². The number of aryl methyl sites for hydroxylation is 1. The van der Waals surface area contributed by atoms with E-state index in [4.69, 9.17) is 21.3 Å². The molecule has 2 N–H and O–H groups in total. The van der Waals surface area contributed by atoms with Crippen molar-refractivity contribution in [2.45, 2.75) is 50.7 Å². The summed E-state index contributed by atoms with van der Waals surface area (Å²) in [4.78, 5) is 37.1. The Hall–Kier alpha value is -3.33. The van der Waals surface area contributed by atoms with Gasteiger partial charge in [0, 0.05) is 30.2 Å². The Kier molecular flexibility index (Phi) is 4.91. The SMILES string of the molecule is C[C@H]1COC(=O)c2c(c3cc(Nc4nc(N5C6CCC5CC6)ncc4Cl)ccc3n(C)c2=O)N1. The number of fused-ring (bicyclic) bond motifs is 5. The fourth-order valence-electron chi connectivity index (χ4n) is 5.47. The standard InChI is InChI=1S/C24H25ClN6O3/c1-12-11-34-23(33)19-20(27-12)16-9-13(3-8-18(16)30(2)22(19)32)28-21-17(25)10-26-24(29-21)31-14-4-5-15(31)7-6-14/h3,8-10,12,14-15,27H,4-7,11H2,1-2H3,(H,26,28,29)/t12-,14?,15?/m0/s1. The molecule has 6 rings (SSSR count). The van der Waals surface area contributed by atoms with Crippen molar-refractivity contribution < 1.29 is 9.53 Å². The molecule has 0 saturated carbocycles. The van der Waals surface area contributed by atoms with Gasteiger partial charge in [-0.15, -0.1) is 0 Å². The van der Waals surface area contributed by atoms with Gasteiger partial charge in [-0.1, -0.05) is 11.6 Å². The number of esters is 1. The summed E-state index contributed by atoms with van der Waals surface area (Å²) < 4.78 is 6.75. The summed E-state index contributed by atoms with van der Waals surface area (Å²) in [6.07, 6.45) is 6.37. The monoisotopic (exact) mass is 480 g/mol. The minimum atomic E-state index is -0.614. The summed E-state index contributed by atoms with van der Waals surface area (Å²) in [7, 11) is 1.65. The molecule has 10 heteroatoms. The number of hydrogen-bond acceptors (Lipinski definition) is 8. The molecule has 2 saturated heterocycles. The fraction of sp³-hybridized carbons (Fsp3) is 0.417. The lowest BCUT2D eigenvalue weighted by molar-refractivity contribution is 0.0503. The van der Waals surface area contributed by atoms with Crippen LogP contribution in [0.3, 0.4) is 0 Å². The molecule has 34 heavy (non-hydrogen) atoms. The van der Waals surface area contributed by atoms with Crippen molar-refractivity contribution in [1.82, 2.24) is 14.5 Å². The predicted molar refractivity (Wildman–Crippen MR) is 131 cm³/mol. The van der Waals surface area contributed by atoms with Gasteiger partial charge in [-0.25, -0.2) is 9.78 Å².